The van der Waals surface area contributed by atoms with E-state index in [9.17, 15) is 5.11 Å². The second kappa shape index (κ2) is 12.6. The summed E-state index contributed by atoms with van der Waals surface area (Å²) in [5, 5.41) is 25.1. The molecule has 7 nitrogen and oxygen atoms in total. The lowest BCUT2D eigenvalue weighted by Gasteiger charge is -2.19. The number of nitrogens with two attached hydrogens (primary N) is 2. The Kier molecular flexibility index (Phi) is 10.9. The van der Waals surface area contributed by atoms with Gasteiger partial charge in [0.15, 0.2) is 0 Å². The van der Waals surface area contributed by atoms with Crippen LogP contribution < -0.4 is 25.1 Å². The molecule has 29 heavy (non-hydrogen) atoms. The van der Waals surface area contributed by atoms with Gasteiger partial charge in [0.25, 0.3) is 0 Å². The molecule has 9 heteroatoms. The number of anilines is 1. The van der Waals surface area contributed by atoms with Crippen molar-refractivity contribution in [1.29, 1.82) is 5.41 Å². The van der Waals surface area contributed by atoms with Crippen LogP contribution in [0.4, 0.5) is 5.69 Å². The van der Waals surface area contributed by atoms with Crippen molar-refractivity contribution in [2.45, 2.75) is 33.4 Å². The zero-order valence-corrected chi connectivity index (χ0v) is 18.7. The minimum Gasteiger partial charge on any atom is -0.512 e. The van der Waals surface area contributed by atoms with Crippen LogP contribution in [0.3, 0.4) is 0 Å². The average molecular weight is 438 g/mol. The van der Waals surface area contributed by atoms with Crippen molar-refractivity contribution in [3.8, 4) is 5.75 Å². The van der Waals surface area contributed by atoms with Gasteiger partial charge < -0.3 is 25.7 Å². The van der Waals surface area contributed by atoms with E-state index >= 15 is 0 Å². The number of nitrogens with one attached hydrogen (secondary N) is 3. The van der Waals surface area contributed by atoms with Gasteiger partial charge in [-0.25, -0.2) is 4.72 Å². The molecule has 1 atom stereocenters. The molecule has 1 aliphatic carbocycles. The van der Waals surface area contributed by atoms with Gasteiger partial charge in [-0.05, 0) is 42.0 Å². The molecule has 0 aromatic heterocycles. The first-order valence-corrected chi connectivity index (χ1v) is 10.3. The predicted octanol–water partition coefficient (Wildman–Crippen LogP) is 4.10. The first-order valence-electron chi connectivity index (χ1n) is 9.03. The molecule has 0 spiro atoms. The summed E-state index contributed by atoms with van der Waals surface area (Å²) in [5.74, 6) is 0.924. The summed E-state index contributed by atoms with van der Waals surface area (Å²) < 4.78 is 8.45. The molecule has 1 aliphatic rings. The number of rotatable bonds is 8. The Morgan fingerprint density at radius 3 is 2.59 bits per heavy atom. The molecule has 8 N–H and O–H groups in total. The quantitative estimate of drug-likeness (QED) is 0.107. The average Bonchev–Trinajstić information content (AvgIpc) is 2.68. The molecule has 0 saturated heterocycles. The number of hydrogen-bond acceptors (Lipinski definition) is 9. The van der Waals surface area contributed by atoms with Crippen LogP contribution in [0.15, 0.2) is 59.9 Å². The first kappa shape index (κ1) is 25.1. The molecule has 0 aliphatic heterocycles. The van der Waals surface area contributed by atoms with Gasteiger partial charge in [0, 0.05) is 29.8 Å². The Bertz CT molecular complexity index is 740. The lowest BCUT2D eigenvalue weighted by molar-refractivity contribution is 0.273. The van der Waals surface area contributed by atoms with E-state index in [1.807, 2.05) is 63.3 Å². The molecule has 0 amide bonds. The van der Waals surface area contributed by atoms with Crippen molar-refractivity contribution in [2.75, 3.05) is 11.9 Å². The van der Waals surface area contributed by atoms with Crippen molar-refractivity contribution in [3.05, 3.63) is 59.9 Å². The van der Waals surface area contributed by atoms with Crippen LogP contribution in [0.2, 0.25) is 0 Å². The lowest BCUT2D eigenvalue weighted by Crippen LogP contribution is -2.32. The predicted molar refractivity (Wildman–Crippen MR) is 127 cm³/mol. The Hall–Kier alpha value is -1.91. The summed E-state index contributed by atoms with van der Waals surface area (Å²) >= 11 is 4.05. The minimum atomic E-state index is -0.522. The number of aliphatic hydroxyl groups excluding tert-OH is 1. The van der Waals surface area contributed by atoms with E-state index in [1.54, 1.807) is 6.08 Å². The molecule has 0 fully saturated rings. The zero-order chi connectivity index (χ0) is 21.9. The third-order valence-electron chi connectivity index (χ3n) is 3.85. The smallest absolute Gasteiger partial charge is 0.145 e. The van der Waals surface area contributed by atoms with Gasteiger partial charge in [-0.1, -0.05) is 32.9 Å². The molecule has 1 aromatic carbocycles. The van der Waals surface area contributed by atoms with Gasteiger partial charge in [-0.2, -0.15) is 0 Å². The van der Waals surface area contributed by atoms with Gasteiger partial charge in [0.2, 0.25) is 0 Å². The highest BCUT2D eigenvalue weighted by Crippen LogP contribution is 2.23. The van der Waals surface area contributed by atoms with Crippen LogP contribution in [0.5, 0.6) is 5.75 Å². The van der Waals surface area contributed by atoms with E-state index in [4.69, 9.17) is 15.3 Å². The monoisotopic (exact) mass is 437 g/mol. The number of allylic oxidation sites excluding steroid dienone is 4. The van der Waals surface area contributed by atoms with Crippen molar-refractivity contribution in [2.24, 2.45) is 16.3 Å². The second-order valence-electron chi connectivity index (χ2n) is 7.38. The third kappa shape index (κ3) is 9.91. The van der Waals surface area contributed by atoms with Crippen molar-refractivity contribution in [1.82, 2.24) is 4.72 Å². The van der Waals surface area contributed by atoms with Crippen LogP contribution in [0.1, 0.15) is 27.2 Å². The topological polar surface area (TPSA) is 129 Å². The molecule has 1 unspecified atom stereocenters. The van der Waals surface area contributed by atoms with E-state index in [0.29, 0.717) is 24.4 Å². The second-order valence-corrected chi connectivity index (χ2v) is 7.95. The zero-order valence-electron chi connectivity index (χ0n) is 17.0. The number of thiol groups is 1. The maximum atomic E-state index is 9.93. The SMILES string of the molecule is CC(C)(C)/C(O)=C/C(N)NSOc1ccc(NCC2=CC=CC(=N)C2)cc1.NS. The molecule has 0 heterocycles. The van der Waals surface area contributed by atoms with Gasteiger partial charge in [-0.15, -0.1) is 12.8 Å². The molecule has 0 bridgehead atoms. The summed E-state index contributed by atoms with van der Waals surface area (Å²) in [6.45, 7) is 6.45. The molecule has 0 radical (unpaired) electrons. The van der Waals surface area contributed by atoms with Crippen LogP contribution in [-0.2, 0) is 0 Å². The normalized spacial score (nSPS) is 15.2. The molecular formula is C20H31N5O2S2. The summed E-state index contributed by atoms with van der Waals surface area (Å²) in [7, 11) is 0. The third-order valence-corrected chi connectivity index (χ3v) is 4.49. The Morgan fingerprint density at radius 2 is 2.00 bits per heavy atom. The Balaban J connectivity index is 0.00000204. The van der Waals surface area contributed by atoms with Crippen molar-refractivity contribution >= 4 is 36.4 Å². The summed E-state index contributed by atoms with van der Waals surface area (Å²) in [6, 6.07) is 7.60. The maximum Gasteiger partial charge on any atom is 0.145 e. The van der Waals surface area contributed by atoms with Gasteiger partial charge in [-0.3, -0.25) is 5.14 Å². The number of hydrogen-bond donors (Lipinski definition) is 7. The van der Waals surface area contributed by atoms with Gasteiger partial charge in [0.05, 0.1) is 11.9 Å². The molecular weight excluding hydrogens is 406 g/mol. The standard InChI is InChI=1S/C20H28N4O2S.H3NS/c1-20(2,3)18(25)12-19(22)24-27-26-17-9-7-16(8-10-17)23-13-14-5-4-6-15(21)11-14;1-2/h4-10,12,19,21,23-25H,11,13,22H2,1-3H3;2H,1H2/b18-12-,21-15?;. The summed E-state index contributed by atoms with van der Waals surface area (Å²) in [5.41, 5.74) is 8.36. The Labute approximate surface area is 183 Å². The van der Waals surface area contributed by atoms with E-state index in [1.165, 1.54) is 5.57 Å². The number of benzene rings is 1. The van der Waals surface area contributed by atoms with E-state index < -0.39 is 6.17 Å². The Morgan fingerprint density at radius 1 is 1.34 bits per heavy atom. The van der Waals surface area contributed by atoms with Gasteiger partial charge >= 0.3 is 0 Å². The fourth-order valence-electron chi connectivity index (χ4n) is 2.21. The van der Waals surface area contributed by atoms with E-state index in [2.05, 4.69) is 28.0 Å². The van der Waals surface area contributed by atoms with Crippen molar-refractivity contribution in [3.63, 3.8) is 0 Å². The summed E-state index contributed by atoms with van der Waals surface area (Å²) in [6.07, 6.45) is 7.50. The fraction of sp³-hybridized carbons (Fsp3) is 0.350. The summed E-state index contributed by atoms with van der Waals surface area (Å²) in [4.78, 5) is 0. The largest absolute Gasteiger partial charge is 0.512 e. The van der Waals surface area contributed by atoms with Gasteiger partial charge in [0.1, 0.15) is 18.0 Å². The van der Waals surface area contributed by atoms with Crippen LogP contribution in [0, 0.1) is 10.8 Å². The van der Waals surface area contributed by atoms with E-state index in [-0.39, 0.29) is 11.2 Å². The van der Waals surface area contributed by atoms with Crippen LogP contribution in [0.25, 0.3) is 0 Å². The fourth-order valence-corrected chi connectivity index (χ4v) is 2.64. The number of aliphatic hydroxyl groups is 1. The van der Waals surface area contributed by atoms with Crippen LogP contribution >= 0.6 is 25.0 Å². The van der Waals surface area contributed by atoms with E-state index in [0.717, 1.165) is 17.9 Å². The molecule has 0 saturated carbocycles. The first-order chi connectivity index (χ1) is 13.7. The highest BCUT2D eigenvalue weighted by atomic mass is 32.2. The van der Waals surface area contributed by atoms with Crippen molar-refractivity contribution < 1.29 is 9.29 Å². The molecule has 2 rings (SSSR count). The van der Waals surface area contributed by atoms with Crippen LogP contribution in [-0.4, -0.2) is 23.5 Å². The highest BCUT2D eigenvalue weighted by molar-refractivity contribution is 7.93. The lowest BCUT2D eigenvalue weighted by atomic mass is 9.93. The molecule has 160 valence electrons. The highest BCUT2D eigenvalue weighted by Gasteiger charge is 2.16. The minimum absolute atomic E-state index is 0.234. The molecule has 1 aromatic rings. The maximum absolute atomic E-state index is 9.93.